The first-order chi connectivity index (χ1) is 8.09. The molecule has 0 aliphatic heterocycles. The maximum atomic E-state index is 3.56. The highest BCUT2D eigenvalue weighted by Gasteiger charge is 2.13. The molecule has 0 aliphatic carbocycles. The van der Waals surface area contributed by atoms with Crippen LogP contribution in [0.3, 0.4) is 0 Å². The molecule has 1 atom stereocenters. The van der Waals surface area contributed by atoms with Crippen LogP contribution in [0.25, 0.3) is 0 Å². The lowest BCUT2D eigenvalue weighted by molar-refractivity contribution is 0.900. The Morgan fingerprint density at radius 3 is 2.24 bits per heavy atom. The fraction of sp³-hybridized carbons (Fsp3) is 0.167. The van der Waals surface area contributed by atoms with Gasteiger partial charge in [0.05, 0.1) is 11.7 Å². The van der Waals surface area contributed by atoms with E-state index in [0.29, 0.717) is 0 Å². The van der Waals surface area contributed by atoms with Crippen molar-refractivity contribution in [2.75, 3.05) is 5.32 Å². The molecule has 0 radical (unpaired) electrons. The summed E-state index contributed by atoms with van der Waals surface area (Å²) in [6.45, 7) is 2.16. The minimum absolute atomic E-state index is 0.263. The van der Waals surface area contributed by atoms with Gasteiger partial charge >= 0.3 is 0 Å². The molecular formula is C12H10Br3NS. The van der Waals surface area contributed by atoms with Gasteiger partial charge in [-0.2, -0.15) is 0 Å². The molecule has 1 aromatic carbocycles. The topological polar surface area (TPSA) is 12.0 Å². The normalized spacial score (nSPS) is 12.5. The van der Waals surface area contributed by atoms with E-state index < -0.39 is 0 Å². The van der Waals surface area contributed by atoms with Gasteiger partial charge in [0.1, 0.15) is 0 Å². The Bertz CT molecular complexity index is 504. The Balaban J connectivity index is 2.25. The Labute approximate surface area is 130 Å². The van der Waals surface area contributed by atoms with Gasteiger partial charge in [-0.3, -0.25) is 0 Å². The summed E-state index contributed by atoms with van der Waals surface area (Å²) in [6.07, 6.45) is 0. The highest BCUT2D eigenvalue weighted by Crippen LogP contribution is 2.36. The standard InChI is InChI=1S/C12H10Br3NS/c1-7(12-10(15)5-6-17-12)16-11-8(13)3-2-4-9(11)14/h2-7,16H,1H3. The molecule has 90 valence electrons. The fourth-order valence-corrected chi connectivity index (χ4v) is 4.48. The summed E-state index contributed by atoms with van der Waals surface area (Å²) in [5.41, 5.74) is 1.08. The average Bonchev–Trinajstić information content (AvgIpc) is 2.70. The molecule has 0 fully saturated rings. The van der Waals surface area contributed by atoms with Crippen molar-refractivity contribution >= 4 is 64.8 Å². The molecule has 0 saturated carbocycles. The number of halogens is 3. The second-order valence-corrected chi connectivity index (χ2v) is 7.11. The summed E-state index contributed by atoms with van der Waals surface area (Å²) in [5, 5.41) is 5.60. The maximum absolute atomic E-state index is 3.56. The first-order valence-corrected chi connectivity index (χ1v) is 8.29. The molecule has 0 aliphatic rings. The highest BCUT2D eigenvalue weighted by molar-refractivity contribution is 9.11. The average molecular weight is 440 g/mol. The molecule has 0 saturated heterocycles. The molecule has 2 aromatic rings. The van der Waals surface area contributed by atoms with Gasteiger partial charge in [-0.25, -0.2) is 0 Å². The summed E-state index contributed by atoms with van der Waals surface area (Å²) >= 11 is 12.4. The molecule has 1 unspecified atom stereocenters. The quantitative estimate of drug-likeness (QED) is 0.599. The van der Waals surface area contributed by atoms with E-state index in [-0.39, 0.29) is 6.04 Å². The van der Waals surface area contributed by atoms with Crippen molar-refractivity contribution < 1.29 is 0 Å². The van der Waals surface area contributed by atoms with E-state index in [2.05, 4.69) is 71.5 Å². The second-order valence-electron chi connectivity index (χ2n) is 3.60. The van der Waals surface area contributed by atoms with Gasteiger partial charge in [-0.05, 0) is 78.3 Å². The van der Waals surface area contributed by atoms with Gasteiger partial charge in [0.15, 0.2) is 0 Å². The van der Waals surface area contributed by atoms with E-state index in [1.807, 2.05) is 18.2 Å². The molecule has 17 heavy (non-hydrogen) atoms. The first kappa shape index (κ1) is 13.6. The Morgan fingerprint density at radius 2 is 1.71 bits per heavy atom. The molecule has 2 rings (SSSR count). The van der Waals surface area contributed by atoms with Crippen molar-refractivity contribution in [1.82, 2.24) is 0 Å². The molecule has 0 amide bonds. The van der Waals surface area contributed by atoms with E-state index in [1.54, 1.807) is 11.3 Å². The first-order valence-electron chi connectivity index (χ1n) is 5.03. The van der Waals surface area contributed by atoms with Crippen molar-refractivity contribution in [2.24, 2.45) is 0 Å². The van der Waals surface area contributed by atoms with E-state index in [9.17, 15) is 0 Å². The van der Waals surface area contributed by atoms with E-state index in [1.165, 1.54) is 4.88 Å². The third-order valence-corrected chi connectivity index (χ3v) is 5.74. The van der Waals surface area contributed by atoms with Crippen LogP contribution >= 0.6 is 59.1 Å². The van der Waals surface area contributed by atoms with Crippen molar-refractivity contribution in [1.29, 1.82) is 0 Å². The van der Waals surface area contributed by atoms with Gasteiger partial charge in [0, 0.05) is 18.3 Å². The summed E-state index contributed by atoms with van der Waals surface area (Å²) < 4.78 is 3.28. The van der Waals surface area contributed by atoms with Crippen LogP contribution < -0.4 is 5.32 Å². The number of thiophene rings is 1. The van der Waals surface area contributed by atoms with Crippen LogP contribution in [-0.4, -0.2) is 0 Å². The highest BCUT2D eigenvalue weighted by atomic mass is 79.9. The van der Waals surface area contributed by atoms with Crippen LogP contribution in [0, 0.1) is 0 Å². The van der Waals surface area contributed by atoms with Crippen LogP contribution in [0.5, 0.6) is 0 Å². The minimum Gasteiger partial charge on any atom is -0.376 e. The number of anilines is 1. The Hall–Kier alpha value is 0.160. The molecule has 5 heteroatoms. The lowest BCUT2D eigenvalue weighted by Crippen LogP contribution is -2.06. The van der Waals surface area contributed by atoms with Crippen molar-refractivity contribution in [3.63, 3.8) is 0 Å². The van der Waals surface area contributed by atoms with Crippen molar-refractivity contribution in [3.05, 3.63) is 47.9 Å². The van der Waals surface area contributed by atoms with Gasteiger partial charge in [-0.1, -0.05) is 6.07 Å². The van der Waals surface area contributed by atoms with Gasteiger partial charge in [0.2, 0.25) is 0 Å². The second kappa shape index (κ2) is 5.87. The number of nitrogens with one attached hydrogen (secondary N) is 1. The summed E-state index contributed by atoms with van der Waals surface area (Å²) in [5.74, 6) is 0. The van der Waals surface area contributed by atoms with Crippen LogP contribution in [0.1, 0.15) is 17.8 Å². The monoisotopic (exact) mass is 437 g/mol. The van der Waals surface area contributed by atoms with Gasteiger partial charge in [0.25, 0.3) is 0 Å². The Morgan fingerprint density at radius 1 is 1.06 bits per heavy atom. The number of rotatable bonds is 3. The summed E-state index contributed by atoms with van der Waals surface area (Å²) in [7, 11) is 0. The predicted octanol–water partition coefficient (Wildman–Crippen LogP) is 6.21. The predicted molar refractivity (Wildman–Crippen MR) is 85.9 cm³/mol. The molecule has 1 heterocycles. The maximum Gasteiger partial charge on any atom is 0.0633 e. The molecule has 1 aromatic heterocycles. The van der Waals surface area contributed by atoms with Crippen LogP contribution in [-0.2, 0) is 0 Å². The van der Waals surface area contributed by atoms with Crippen LogP contribution in [0.15, 0.2) is 43.1 Å². The molecule has 1 nitrogen and oxygen atoms in total. The number of hydrogen-bond donors (Lipinski definition) is 1. The minimum atomic E-state index is 0.263. The van der Waals surface area contributed by atoms with E-state index >= 15 is 0 Å². The molecule has 0 bridgehead atoms. The largest absolute Gasteiger partial charge is 0.376 e. The zero-order valence-electron chi connectivity index (χ0n) is 9.01. The zero-order chi connectivity index (χ0) is 12.4. The lowest BCUT2D eigenvalue weighted by atomic mass is 10.2. The number of para-hydroxylation sites is 1. The lowest BCUT2D eigenvalue weighted by Gasteiger charge is -2.17. The van der Waals surface area contributed by atoms with E-state index in [0.717, 1.165) is 19.1 Å². The number of benzene rings is 1. The fourth-order valence-electron chi connectivity index (χ4n) is 1.53. The summed E-state index contributed by atoms with van der Waals surface area (Å²) in [4.78, 5) is 1.30. The molecule has 0 spiro atoms. The van der Waals surface area contributed by atoms with E-state index in [4.69, 9.17) is 0 Å². The smallest absolute Gasteiger partial charge is 0.0633 e. The zero-order valence-corrected chi connectivity index (χ0v) is 14.6. The van der Waals surface area contributed by atoms with Crippen LogP contribution in [0.2, 0.25) is 0 Å². The SMILES string of the molecule is CC(Nc1c(Br)cccc1Br)c1sccc1Br. The third kappa shape index (κ3) is 3.13. The van der Waals surface area contributed by atoms with Gasteiger partial charge in [-0.15, -0.1) is 11.3 Å². The third-order valence-electron chi connectivity index (χ3n) is 2.36. The van der Waals surface area contributed by atoms with Gasteiger partial charge < -0.3 is 5.32 Å². The van der Waals surface area contributed by atoms with Crippen molar-refractivity contribution in [2.45, 2.75) is 13.0 Å². The van der Waals surface area contributed by atoms with Crippen LogP contribution in [0.4, 0.5) is 5.69 Å². The van der Waals surface area contributed by atoms with Crippen molar-refractivity contribution in [3.8, 4) is 0 Å². The summed E-state index contributed by atoms with van der Waals surface area (Å²) in [6, 6.07) is 8.41. The molecule has 1 N–H and O–H groups in total. The Kier molecular flexibility index (Phi) is 4.69. The number of hydrogen-bond acceptors (Lipinski definition) is 2. The molecular weight excluding hydrogens is 430 g/mol.